The van der Waals surface area contributed by atoms with Crippen molar-refractivity contribution in [2.24, 2.45) is 0 Å². The van der Waals surface area contributed by atoms with Crippen molar-refractivity contribution in [1.29, 1.82) is 0 Å². The van der Waals surface area contributed by atoms with Crippen LogP contribution in [-0.2, 0) is 4.79 Å². The highest BCUT2D eigenvalue weighted by Crippen LogP contribution is 2.04. The largest absolute Gasteiger partial charge is 0.480 e. The molecule has 0 aromatic heterocycles. The van der Waals surface area contributed by atoms with Crippen molar-refractivity contribution in [3.63, 3.8) is 0 Å². The molecule has 0 amide bonds. The number of hydrogen-bond donors (Lipinski definition) is 1. The molecule has 1 N–H and O–H groups in total. The second-order valence-corrected chi connectivity index (χ2v) is 4.84. The van der Waals surface area contributed by atoms with Gasteiger partial charge in [-0.3, -0.25) is 9.69 Å². The lowest BCUT2D eigenvalue weighted by Crippen LogP contribution is -2.48. The number of carboxylic acid groups (broad SMARTS) is 1. The highest BCUT2D eigenvalue weighted by atomic mass is 32.2. The normalized spacial score (nSPS) is 19.3. The molecule has 1 rings (SSSR count). The average Bonchev–Trinajstić information content (AvgIpc) is 2.20. The minimum Gasteiger partial charge on any atom is -0.480 e. The van der Waals surface area contributed by atoms with E-state index >= 15 is 0 Å². The molecular weight excluding hydrogens is 212 g/mol. The van der Waals surface area contributed by atoms with Gasteiger partial charge in [0.1, 0.15) is 0 Å². The zero-order valence-corrected chi connectivity index (χ0v) is 10.1. The lowest BCUT2D eigenvalue weighted by atomic mass is 10.3. The van der Waals surface area contributed by atoms with Gasteiger partial charge in [0.15, 0.2) is 0 Å². The van der Waals surface area contributed by atoms with Crippen LogP contribution in [0.25, 0.3) is 0 Å². The van der Waals surface area contributed by atoms with E-state index in [0.29, 0.717) is 0 Å². The molecule has 0 aromatic carbocycles. The van der Waals surface area contributed by atoms with Gasteiger partial charge in [-0.2, -0.15) is 11.8 Å². The number of carboxylic acids is 1. The maximum atomic E-state index is 10.5. The van der Waals surface area contributed by atoms with E-state index in [1.165, 1.54) is 12.2 Å². The van der Waals surface area contributed by atoms with Crippen molar-refractivity contribution in [1.82, 2.24) is 9.80 Å². The van der Waals surface area contributed by atoms with Gasteiger partial charge < -0.3 is 10.0 Å². The maximum absolute atomic E-state index is 10.5. The lowest BCUT2D eigenvalue weighted by molar-refractivity contribution is -0.138. The van der Waals surface area contributed by atoms with E-state index in [1.807, 2.05) is 16.7 Å². The van der Waals surface area contributed by atoms with Crippen LogP contribution >= 0.6 is 11.8 Å². The van der Waals surface area contributed by atoms with E-state index in [-0.39, 0.29) is 6.54 Å². The molecule has 0 saturated carbocycles. The molecule has 1 saturated heterocycles. The first-order valence-electron chi connectivity index (χ1n) is 5.38. The van der Waals surface area contributed by atoms with Crippen LogP contribution < -0.4 is 0 Å². The SMILES string of the molecule is CSCCCN1CCN(CC(=O)O)CC1. The first-order chi connectivity index (χ1) is 7.22. The average molecular weight is 232 g/mol. The predicted molar refractivity (Wildman–Crippen MR) is 63.5 cm³/mol. The minimum absolute atomic E-state index is 0.193. The Balaban J connectivity index is 2.10. The Hall–Kier alpha value is -0.260. The van der Waals surface area contributed by atoms with Crippen LogP contribution in [0.2, 0.25) is 0 Å². The summed E-state index contributed by atoms with van der Waals surface area (Å²) in [6.07, 6.45) is 3.37. The Bertz CT molecular complexity index is 194. The molecule has 4 nitrogen and oxygen atoms in total. The zero-order chi connectivity index (χ0) is 11.1. The van der Waals surface area contributed by atoms with Crippen molar-refractivity contribution in [2.45, 2.75) is 6.42 Å². The summed E-state index contributed by atoms with van der Waals surface area (Å²) in [5.74, 6) is 0.501. The smallest absolute Gasteiger partial charge is 0.317 e. The molecule has 0 atom stereocenters. The third-order valence-electron chi connectivity index (χ3n) is 2.65. The summed E-state index contributed by atoms with van der Waals surface area (Å²) in [5, 5.41) is 8.65. The van der Waals surface area contributed by atoms with Gasteiger partial charge in [0.2, 0.25) is 0 Å². The lowest BCUT2D eigenvalue weighted by Gasteiger charge is -2.33. The van der Waals surface area contributed by atoms with E-state index in [1.54, 1.807) is 0 Å². The second-order valence-electron chi connectivity index (χ2n) is 3.86. The molecule has 1 aliphatic heterocycles. The quantitative estimate of drug-likeness (QED) is 0.673. The van der Waals surface area contributed by atoms with Crippen molar-refractivity contribution in [3.8, 4) is 0 Å². The monoisotopic (exact) mass is 232 g/mol. The minimum atomic E-state index is -0.717. The third kappa shape index (κ3) is 5.39. The Kier molecular flexibility index (Phi) is 6.05. The fourth-order valence-electron chi connectivity index (χ4n) is 1.79. The van der Waals surface area contributed by atoms with Crippen molar-refractivity contribution in [3.05, 3.63) is 0 Å². The van der Waals surface area contributed by atoms with E-state index < -0.39 is 5.97 Å². The molecule has 0 radical (unpaired) electrons. The third-order valence-corrected chi connectivity index (χ3v) is 3.34. The van der Waals surface area contributed by atoms with Crippen molar-refractivity contribution in [2.75, 3.05) is 51.3 Å². The summed E-state index contributed by atoms with van der Waals surface area (Å²) >= 11 is 1.88. The van der Waals surface area contributed by atoms with Crippen LogP contribution in [0.4, 0.5) is 0 Å². The molecule has 0 unspecified atom stereocenters. The molecule has 0 aliphatic carbocycles. The summed E-state index contributed by atoms with van der Waals surface area (Å²) in [7, 11) is 0. The number of nitrogens with zero attached hydrogens (tertiary/aromatic N) is 2. The van der Waals surface area contributed by atoms with Crippen LogP contribution in [0, 0.1) is 0 Å². The topological polar surface area (TPSA) is 43.8 Å². The van der Waals surface area contributed by atoms with E-state index in [0.717, 1.165) is 32.7 Å². The van der Waals surface area contributed by atoms with Crippen LogP contribution in [0.15, 0.2) is 0 Å². The molecule has 5 heteroatoms. The number of hydrogen-bond acceptors (Lipinski definition) is 4. The number of rotatable bonds is 6. The Labute approximate surface area is 95.6 Å². The summed E-state index contributed by atoms with van der Waals surface area (Å²) in [4.78, 5) is 14.9. The Morgan fingerprint density at radius 2 is 1.87 bits per heavy atom. The Morgan fingerprint density at radius 3 is 2.40 bits per heavy atom. The van der Waals surface area contributed by atoms with Crippen LogP contribution in [-0.4, -0.2) is 72.2 Å². The van der Waals surface area contributed by atoms with Gasteiger partial charge in [-0.1, -0.05) is 0 Å². The zero-order valence-electron chi connectivity index (χ0n) is 9.31. The number of piperazine rings is 1. The predicted octanol–water partition coefficient (Wildman–Crippen LogP) is 0.442. The van der Waals surface area contributed by atoms with Gasteiger partial charge >= 0.3 is 5.97 Å². The number of thioether (sulfide) groups is 1. The Morgan fingerprint density at radius 1 is 1.27 bits per heavy atom. The standard InChI is InChI=1S/C10H20N2O2S/c1-15-8-2-3-11-4-6-12(7-5-11)9-10(13)14/h2-9H2,1H3,(H,13,14). The second kappa shape index (κ2) is 7.09. The molecule has 0 spiro atoms. The van der Waals surface area contributed by atoms with Gasteiger partial charge in [-0.25, -0.2) is 0 Å². The summed E-state index contributed by atoms with van der Waals surface area (Å²) in [6, 6.07) is 0. The summed E-state index contributed by atoms with van der Waals surface area (Å²) in [5.41, 5.74) is 0. The first kappa shape index (κ1) is 12.8. The molecular formula is C10H20N2O2S. The molecule has 88 valence electrons. The van der Waals surface area contributed by atoms with Crippen LogP contribution in [0.5, 0.6) is 0 Å². The molecule has 1 fully saturated rings. The highest BCUT2D eigenvalue weighted by molar-refractivity contribution is 7.98. The van der Waals surface area contributed by atoms with E-state index in [2.05, 4.69) is 11.2 Å². The number of carbonyl (C=O) groups is 1. The highest BCUT2D eigenvalue weighted by Gasteiger charge is 2.17. The summed E-state index contributed by atoms with van der Waals surface area (Å²) in [6.45, 7) is 5.17. The first-order valence-corrected chi connectivity index (χ1v) is 6.77. The van der Waals surface area contributed by atoms with Crippen LogP contribution in [0.1, 0.15) is 6.42 Å². The van der Waals surface area contributed by atoms with E-state index in [9.17, 15) is 4.79 Å². The summed E-state index contributed by atoms with van der Waals surface area (Å²) < 4.78 is 0. The van der Waals surface area contributed by atoms with Gasteiger partial charge in [-0.05, 0) is 25.0 Å². The number of aliphatic carboxylic acids is 1. The van der Waals surface area contributed by atoms with E-state index in [4.69, 9.17) is 5.11 Å². The van der Waals surface area contributed by atoms with Crippen LogP contribution in [0.3, 0.4) is 0 Å². The molecule has 0 bridgehead atoms. The van der Waals surface area contributed by atoms with Gasteiger partial charge in [0.25, 0.3) is 0 Å². The van der Waals surface area contributed by atoms with Crippen molar-refractivity contribution >= 4 is 17.7 Å². The van der Waals surface area contributed by atoms with Gasteiger partial charge in [-0.15, -0.1) is 0 Å². The van der Waals surface area contributed by atoms with Gasteiger partial charge in [0, 0.05) is 26.2 Å². The van der Waals surface area contributed by atoms with Crippen molar-refractivity contribution < 1.29 is 9.90 Å². The molecule has 0 aromatic rings. The fourth-order valence-corrected chi connectivity index (χ4v) is 2.21. The molecule has 1 heterocycles. The molecule has 1 aliphatic rings. The maximum Gasteiger partial charge on any atom is 0.317 e. The fraction of sp³-hybridized carbons (Fsp3) is 0.900. The van der Waals surface area contributed by atoms with Gasteiger partial charge in [0.05, 0.1) is 6.54 Å². The molecule has 15 heavy (non-hydrogen) atoms.